The molecule has 0 unspecified atom stereocenters. The fraction of sp³-hybridized carbons (Fsp3) is 0.250. The van der Waals surface area contributed by atoms with Crippen molar-refractivity contribution in [3.8, 4) is 0 Å². The third kappa shape index (κ3) is 1.99. The van der Waals surface area contributed by atoms with Crippen LogP contribution >= 0.6 is 0 Å². The summed E-state index contributed by atoms with van der Waals surface area (Å²) in [5.74, 6) is 0. The van der Waals surface area contributed by atoms with Crippen molar-refractivity contribution in [2.75, 3.05) is 0 Å². The second-order valence-electron chi connectivity index (χ2n) is 2.71. The van der Waals surface area contributed by atoms with Crippen LogP contribution in [0.2, 0.25) is 0 Å². The molecular formula is C8H8N4O2. The Morgan fingerprint density at radius 1 is 1.64 bits per heavy atom. The van der Waals surface area contributed by atoms with Gasteiger partial charge in [0.1, 0.15) is 0 Å². The van der Waals surface area contributed by atoms with E-state index in [1.165, 1.54) is 6.07 Å². The van der Waals surface area contributed by atoms with E-state index in [1.807, 2.05) is 0 Å². The molecule has 0 amide bonds. The van der Waals surface area contributed by atoms with Crippen LogP contribution < -0.4 is 0 Å². The van der Waals surface area contributed by atoms with Crippen molar-refractivity contribution in [2.45, 2.75) is 13.5 Å². The third-order valence-corrected chi connectivity index (χ3v) is 1.92. The van der Waals surface area contributed by atoms with E-state index in [-0.39, 0.29) is 12.2 Å². The summed E-state index contributed by atoms with van der Waals surface area (Å²) in [5, 5.41) is 13.9. The summed E-state index contributed by atoms with van der Waals surface area (Å²) >= 11 is 0. The van der Waals surface area contributed by atoms with Gasteiger partial charge in [0.05, 0.1) is 11.5 Å². The molecule has 14 heavy (non-hydrogen) atoms. The van der Waals surface area contributed by atoms with Crippen LogP contribution in [0.25, 0.3) is 10.4 Å². The van der Waals surface area contributed by atoms with Crippen LogP contribution in [0, 0.1) is 17.0 Å². The van der Waals surface area contributed by atoms with Gasteiger partial charge in [-0.15, -0.1) is 0 Å². The molecular weight excluding hydrogens is 184 g/mol. The Kier molecular flexibility index (Phi) is 3.04. The lowest BCUT2D eigenvalue weighted by molar-refractivity contribution is -0.385. The summed E-state index contributed by atoms with van der Waals surface area (Å²) in [6, 6.07) is 4.71. The highest BCUT2D eigenvalue weighted by Gasteiger charge is 2.11. The number of nitro benzene ring substituents is 1. The number of benzene rings is 1. The van der Waals surface area contributed by atoms with Crippen molar-refractivity contribution in [3.63, 3.8) is 0 Å². The van der Waals surface area contributed by atoms with E-state index in [4.69, 9.17) is 5.53 Å². The molecule has 1 aromatic carbocycles. The zero-order valence-electron chi connectivity index (χ0n) is 7.54. The fourth-order valence-corrected chi connectivity index (χ4v) is 1.15. The number of rotatable bonds is 3. The quantitative estimate of drug-likeness (QED) is 0.242. The van der Waals surface area contributed by atoms with E-state index in [9.17, 15) is 10.1 Å². The van der Waals surface area contributed by atoms with Crippen LogP contribution in [0.3, 0.4) is 0 Å². The van der Waals surface area contributed by atoms with Gasteiger partial charge in [-0.3, -0.25) is 10.1 Å². The SMILES string of the molecule is Cc1c(CN=[N+]=[N-])cccc1[N+](=O)[O-]. The molecule has 0 N–H and O–H groups in total. The molecule has 0 saturated heterocycles. The van der Waals surface area contributed by atoms with E-state index in [1.54, 1.807) is 19.1 Å². The van der Waals surface area contributed by atoms with Crippen LogP contribution in [-0.4, -0.2) is 4.92 Å². The lowest BCUT2D eigenvalue weighted by atomic mass is 10.1. The highest BCUT2D eigenvalue weighted by molar-refractivity contribution is 5.44. The molecule has 6 nitrogen and oxygen atoms in total. The first-order valence-electron chi connectivity index (χ1n) is 3.90. The molecule has 0 spiro atoms. The first kappa shape index (κ1) is 10.0. The van der Waals surface area contributed by atoms with Crippen LogP contribution in [-0.2, 0) is 6.54 Å². The first-order valence-corrected chi connectivity index (χ1v) is 3.90. The molecule has 0 saturated carbocycles. The summed E-state index contributed by atoms with van der Waals surface area (Å²) < 4.78 is 0. The average molecular weight is 192 g/mol. The lowest BCUT2D eigenvalue weighted by Gasteiger charge is -2.01. The number of nitrogens with zero attached hydrogens (tertiary/aromatic N) is 4. The fourth-order valence-electron chi connectivity index (χ4n) is 1.15. The molecule has 1 rings (SSSR count). The Bertz CT molecular complexity index is 410. The van der Waals surface area contributed by atoms with Gasteiger partial charge in [-0.2, -0.15) is 0 Å². The topological polar surface area (TPSA) is 91.9 Å². The van der Waals surface area contributed by atoms with E-state index in [0.717, 1.165) is 0 Å². The van der Waals surface area contributed by atoms with Crippen molar-refractivity contribution in [1.29, 1.82) is 0 Å². The summed E-state index contributed by atoms with van der Waals surface area (Å²) in [5.41, 5.74) is 9.40. The predicted octanol–water partition coefficient (Wildman–Crippen LogP) is 2.71. The Morgan fingerprint density at radius 2 is 2.36 bits per heavy atom. The Hall–Kier alpha value is -2.07. The molecule has 1 aromatic rings. The molecule has 0 aliphatic carbocycles. The van der Waals surface area contributed by atoms with Crippen molar-refractivity contribution >= 4 is 5.69 Å². The Morgan fingerprint density at radius 3 is 2.93 bits per heavy atom. The normalized spacial score (nSPS) is 9.21. The highest BCUT2D eigenvalue weighted by Crippen LogP contribution is 2.21. The van der Waals surface area contributed by atoms with Crippen LogP contribution in [0.4, 0.5) is 5.69 Å². The standard InChI is InChI=1S/C8H8N4O2/c1-6-7(5-10-11-9)3-2-4-8(6)12(13)14/h2-4H,5H2,1H3. The van der Waals surface area contributed by atoms with E-state index in [2.05, 4.69) is 10.0 Å². The van der Waals surface area contributed by atoms with Gasteiger partial charge in [-0.05, 0) is 18.0 Å². The lowest BCUT2D eigenvalue weighted by Crippen LogP contribution is -1.95. The van der Waals surface area contributed by atoms with Crippen molar-refractivity contribution < 1.29 is 4.92 Å². The molecule has 72 valence electrons. The van der Waals surface area contributed by atoms with Gasteiger partial charge < -0.3 is 0 Å². The first-order chi connectivity index (χ1) is 6.66. The second kappa shape index (κ2) is 4.25. The highest BCUT2D eigenvalue weighted by atomic mass is 16.6. The molecule has 0 fully saturated rings. The van der Waals surface area contributed by atoms with Gasteiger partial charge in [0.25, 0.3) is 5.69 Å². The molecule has 0 aromatic heterocycles. The van der Waals surface area contributed by atoms with Gasteiger partial charge in [-0.25, -0.2) is 0 Å². The van der Waals surface area contributed by atoms with E-state index >= 15 is 0 Å². The Balaban J connectivity index is 3.13. The van der Waals surface area contributed by atoms with Gasteiger partial charge >= 0.3 is 0 Å². The van der Waals surface area contributed by atoms with Crippen molar-refractivity contribution in [3.05, 3.63) is 49.9 Å². The van der Waals surface area contributed by atoms with Crippen molar-refractivity contribution in [1.82, 2.24) is 0 Å². The second-order valence-corrected chi connectivity index (χ2v) is 2.71. The zero-order valence-corrected chi connectivity index (χ0v) is 7.54. The number of hydrogen-bond acceptors (Lipinski definition) is 3. The molecule has 0 aliphatic rings. The van der Waals surface area contributed by atoms with Crippen LogP contribution in [0.1, 0.15) is 11.1 Å². The molecule has 0 aliphatic heterocycles. The van der Waals surface area contributed by atoms with E-state index < -0.39 is 4.92 Å². The van der Waals surface area contributed by atoms with Crippen molar-refractivity contribution in [2.24, 2.45) is 5.11 Å². The molecule has 0 atom stereocenters. The maximum atomic E-state index is 10.5. The minimum absolute atomic E-state index is 0.0515. The minimum atomic E-state index is -0.449. The molecule has 0 bridgehead atoms. The van der Waals surface area contributed by atoms with Gasteiger partial charge in [-0.1, -0.05) is 17.2 Å². The van der Waals surface area contributed by atoms with Gasteiger partial charge in [0, 0.05) is 16.5 Å². The maximum Gasteiger partial charge on any atom is 0.272 e. The molecule has 6 heteroatoms. The number of azide groups is 1. The predicted molar refractivity (Wildman–Crippen MR) is 50.7 cm³/mol. The summed E-state index contributed by atoms with van der Waals surface area (Å²) in [4.78, 5) is 12.7. The zero-order chi connectivity index (χ0) is 10.6. The largest absolute Gasteiger partial charge is 0.272 e. The summed E-state index contributed by atoms with van der Waals surface area (Å²) in [7, 11) is 0. The number of nitro groups is 1. The molecule has 0 heterocycles. The summed E-state index contributed by atoms with van der Waals surface area (Å²) in [6.45, 7) is 1.78. The monoisotopic (exact) mass is 192 g/mol. The van der Waals surface area contributed by atoms with Gasteiger partial charge in [0.2, 0.25) is 0 Å². The summed E-state index contributed by atoms with van der Waals surface area (Å²) in [6.07, 6.45) is 0. The molecule has 0 radical (unpaired) electrons. The maximum absolute atomic E-state index is 10.5. The average Bonchev–Trinajstić information content (AvgIpc) is 2.16. The minimum Gasteiger partial charge on any atom is -0.258 e. The van der Waals surface area contributed by atoms with Gasteiger partial charge in [0.15, 0.2) is 0 Å². The Labute approximate surface area is 79.9 Å². The van der Waals surface area contributed by atoms with E-state index in [0.29, 0.717) is 11.1 Å². The number of hydrogen-bond donors (Lipinski definition) is 0. The van der Waals surface area contributed by atoms with Crippen LogP contribution in [0.15, 0.2) is 23.3 Å². The van der Waals surface area contributed by atoms with Crippen LogP contribution in [0.5, 0.6) is 0 Å². The smallest absolute Gasteiger partial charge is 0.258 e. The third-order valence-electron chi connectivity index (χ3n) is 1.92.